The SMILES string of the molecule is C=CCOc1ccccc1OC(=O)NC. The van der Waals surface area contributed by atoms with Crippen molar-refractivity contribution in [1.82, 2.24) is 5.32 Å². The number of ether oxygens (including phenoxy) is 2. The molecule has 0 bridgehead atoms. The number of rotatable bonds is 4. The Balaban J connectivity index is 2.76. The third-order valence-electron chi connectivity index (χ3n) is 1.61. The molecule has 1 rings (SSSR count). The Bertz CT molecular complexity index is 349. The van der Waals surface area contributed by atoms with Crippen LogP contribution in [0.1, 0.15) is 0 Å². The topological polar surface area (TPSA) is 47.6 Å². The number of carbonyl (C=O) groups is 1. The first-order valence-electron chi connectivity index (χ1n) is 4.50. The lowest BCUT2D eigenvalue weighted by Crippen LogP contribution is -2.22. The Morgan fingerprint density at radius 2 is 2.13 bits per heavy atom. The third-order valence-corrected chi connectivity index (χ3v) is 1.61. The van der Waals surface area contributed by atoms with Crippen molar-refractivity contribution in [2.24, 2.45) is 0 Å². The van der Waals surface area contributed by atoms with Crippen LogP contribution in [0.5, 0.6) is 11.5 Å². The van der Waals surface area contributed by atoms with Gasteiger partial charge in [-0.3, -0.25) is 0 Å². The molecule has 0 aliphatic carbocycles. The Kier molecular flexibility index (Phi) is 4.22. The van der Waals surface area contributed by atoms with Crippen LogP contribution in [0.3, 0.4) is 0 Å². The van der Waals surface area contributed by atoms with E-state index in [1.807, 2.05) is 0 Å². The third kappa shape index (κ3) is 3.34. The van der Waals surface area contributed by atoms with Crippen molar-refractivity contribution >= 4 is 6.09 Å². The summed E-state index contributed by atoms with van der Waals surface area (Å²) < 4.78 is 10.3. The first-order valence-corrected chi connectivity index (χ1v) is 4.50. The van der Waals surface area contributed by atoms with E-state index >= 15 is 0 Å². The van der Waals surface area contributed by atoms with Crippen LogP contribution in [0, 0.1) is 0 Å². The summed E-state index contributed by atoms with van der Waals surface area (Å²) >= 11 is 0. The second-order valence-corrected chi connectivity index (χ2v) is 2.69. The molecule has 0 radical (unpaired) electrons. The fraction of sp³-hybridized carbons (Fsp3) is 0.182. The predicted octanol–water partition coefficient (Wildman–Crippen LogP) is 1.97. The van der Waals surface area contributed by atoms with Gasteiger partial charge in [-0.2, -0.15) is 0 Å². The highest BCUT2D eigenvalue weighted by molar-refractivity contribution is 5.70. The molecule has 0 atom stereocenters. The lowest BCUT2D eigenvalue weighted by molar-refractivity contribution is 0.200. The average molecular weight is 207 g/mol. The van der Waals surface area contributed by atoms with E-state index < -0.39 is 6.09 Å². The molecule has 4 nitrogen and oxygen atoms in total. The maximum absolute atomic E-state index is 11.0. The summed E-state index contributed by atoms with van der Waals surface area (Å²) in [6.45, 7) is 3.91. The first-order chi connectivity index (χ1) is 7.27. The second kappa shape index (κ2) is 5.70. The van der Waals surface area contributed by atoms with E-state index in [4.69, 9.17) is 9.47 Å². The van der Waals surface area contributed by atoms with Crippen LogP contribution in [0.2, 0.25) is 0 Å². The summed E-state index contributed by atoms with van der Waals surface area (Å²) in [5.41, 5.74) is 0. The standard InChI is InChI=1S/C11H13NO3/c1-3-8-14-9-6-4-5-7-10(9)15-11(13)12-2/h3-7H,1,8H2,2H3,(H,12,13). The van der Waals surface area contributed by atoms with Crippen LogP contribution < -0.4 is 14.8 Å². The van der Waals surface area contributed by atoms with E-state index in [-0.39, 0.29) is 0 Å². The molecule has 15 heavy (non-hydrogen) atoms. The molecule has 1 aromatic rings. The Morgan fingerprint density at radius 3 is 2.73 bits per heavy atom. The van der Waals surface area contributed by atoms with Gasteiger partial charge in [0, 0.05) is 7.05 Å². The number of carbonyl (C=O) groups excluding carboxylic acids is 1. The van der Waals surface area contributed by atoms with Crippen LogP contribution in [0.4, 0.5) is 4.79 Å². The van der Waals surface area contributed by atoms with E-state index in [0.717, 1.165) is 0 Å². The van der Waals surface area contributed by atoms with Gasteiger partial charge in [0.05, 0.1) is 0 Å². The summed E-state index contributed by atoms with van der Waals surface area (Å²) in [7, 11) is 1.50. The molecule has 4 heteroatoms. The van der Waals surface area contributed by atoms with Crippen molar-refractivity contribution in [3.05, 3.63) is 36.9 Å². The van der Waals surface area contributed by atoms with Crippen molar-refractivity contribution in [2.45, 2.75) is 0 Å². The lowest BCUT2D eigenvalue weighted by Gasteiger charge is -2.09. The van der Waals surface area contributed by atoms with Gasteiger partial charge in [0.15, 0.2) is 11.5 Å². The molecule has 0 fully saturated rings. The summed E-state index contributed by atoms with van der Waals surface area (Å²) in [4.78, 5) is 11.0. The maximum Gasteiger partial charge on any atom is 0.412 e. The molecule has 0 unspecified atom stereocenters. The molecule has 0 heterocycles. The van der Waals surface area contributed by atoms with Gasteiger partial charge in [0.2, 0.25) is 0 Å². The van der Waals surface area contributed by atoms with Gasteiger partial charge in [0.25, 0.3) is 0 Å². The average Bonchev–Trinajstić information content (AvgIpc) is 2.28. The van der Waals surface area contributed by atoms with Crippen LogP contribution >= 0.6 is 0 Å². The number of nitrogens with one attached hydrogen (secondary N) is 1. The molecule has 0 aliphatic heterocycles. The Morgan fingerprint density at radius 1 is 1.47 bits per heavy atom. The highest BCUT2D eigenvalue weighted by Gasteiger charge is 2.07. The van der Waals surface area contributed by atoms with Crippen LogP contribution in [-0.4, -0.2) is 19.7 Å². The van der Waals surface area contributed by atoms with Crippen molar-refractivity contribution in [3.8, 4) is 11.5 Å². The van der Waals surface area contributed by atoms with Crippen LogP contribution in [0.25, 0.3) is 0 Å². The van der Waals surface area contributed by atoms with Crippen molar-refractivity contribution < 1.29 is 14.3 Å². The summed E-state index contributed by atoms with van der Waals surface area (Å²) in [5.74, 6) is 0.903. The van der Waals surface area contributed by atoms with Gasteiger partial charge in [-0.05, 0) is 12.1 Å². The Hall–Kier alpha value is -1.97. The lowest BCUT2D eigenvalue weighted by atomic mass is 10.3. The monoisotopic (exact) mass is 207 g/mol. The van der Waals surface area contributed by atoms with Gasteiger partial charge in [-0.15, -0.1) is 0 Å². The fourth-order valence-electron chi connectivity index (χ4n) is 0.953. The van der Waals surface area contributed by atoms with Crippen molar-refractivity contribution in [2.75, 3.05) is 13.7 Å². The van der Waals surface area contributed by atoms with E-state index in [0.29, 0.717) is 18.1 Å². The molecule has 0 aliphatic rings. The predicted molar refractivity (Wildman–Crippen MR) is 57.2 cm³/mol. The van der Waals surface area contributed by atoms with Gasteiger partial charge < -0.3 is 14.8 Å². The molecular weight excluding hydrogens is 194 g/mol. The van der Waals surface area contributed by atoms with Gasteiger partial charge in [-0.1, -0.05) is 24.8 Å². The minimum Gasteiger partial charge on any atom is -0.486 e. The van der Waals surface area contributed by atoms with E-state index in [2.05, 4.69) is 11.9 Å². The van der Waals surface area contributed by atoms with E-state index in [9.17, 15) is 4.79 Å². The Labute approximate surface area is 88.5 Å². The molecule has 0 aromatic heterocycles. The van der Waals surface area contributed by atoms with Crippen molar-refractivity contribution in [3.63, 3.8) is 0 Å². The molecule has 1 N–H and O–H groups in total. The molecule has 1 aromatic carbocycles. The largest absolute Gasteiger partial charge is 0.486 e. The number of para-hydroxylation sites is 2. The number of amides is 1. The molecule has 0 spiro atoms. The summed E-state index contributed by atoms with van der Waals surface area (Å²) in [6, 6.07) is 6.95. The highest BCUT2D eigenvalue weighted by Crippen LogP contribution is 2.26. The summed E-state index contributed by atoms with van der Waals surface area (Å²) in [6.07, 6.45) is 1.10. The van der Waals surface area contributed by atoms with Crippen LogP contribution in [0.15, 0.2) is 36.9 Å². The van der Waals surface area contributed by atoms with E-state index in [1.165, 1.54) is 7.05 Å². The second-order valence-electron chi connectivity index (χ2n) is 2.69. The first kappa shape index (κ1) is 11.1. The van der Waals surface area contributed by atoms with Gasteiger partial charge >= 0.3 is 6.09 Å². The molecular formula is C11H13NO3. The highest BCUT2D eigenvalue weighted by atomic mass is 16.6. The zero-order valence-electron chi connectivity index (χ0n) is 8.53. The molecule has 80 valence electrons. The van der Waals surface area contributed by atoms with Crippen LogP contribution in [-0.2, 0) is 0 Å². The van der Waals surface area contributed by atoms with E-state index in [1.54, 1.807) is 30.3 Å². The van der Waals surface area contributed by atoms with Crippen molar-refractivity contribution in [1.29, 1.82) is 0 Å². The zero-order chi connectivity index (χ0) is 11.1. The van der Waals surface area contributed by atoms with Gasteiger partial charge in [-0.25, -0.2) is 4.79 Å². The smallest absolute Gasteiger partial charge is 0.412 e. The minimum absolute atomic E-state index is 0.369. The number of hydrogen-bond acceptors (Lipinski definition) is 3. The fourth-order valence-corrected chi connectivity index (χ4v) is 0.953. The minimum atomic E-state index is -0.523. The maximum atomic E-state index is 11.0. The summed E-state index contributed by atoms with van der Waals surface area (Å²) in [5, 5.41) is 2.36. The number of benzene rings is 1. The molecule has 1 amide bonds. The zero-order valence-corrected chi connectivity index (χ0v) is 8.53. The quantitative estimate of drug-likeness (QED) is 0.768. The van der Waals surface area contributed by atoms with Gasteiger partial charge in [0.1, 0.15) is 6.61 Å². The molecule has 0 saturated heterocycles. The normalized spacial score (nSPS) is 9.13. The number of hydrogen-bond donors (Lipinski definition) is 1. The molecule has 0 saturated carbocycles.